The minimum atomic E-state index is 0.0818. The normalized spacial score (nSPS) is 10.7. The van der Waals surface area contributed by atoms with E-state index in [1.165, 1.54) is 0 Å². The summed E-state index contributed by atoms with van der Waals surface area (Å²) in [6.07, 6.45) is 1.93. The highest BCUT2D eigenvalue weighted by Crippen LogP contribution is 2.28. The Balaban J connectivity index is 2.34. The molecule has 0 aliphatic rings. The largest absolute Gasteiger partial charge is 0.313 e. The van der Waals surface area contributed by atoms with Crippen molar-refractivity contribution in [3.8, 4) is 11.1 Å². The van der Waals surface area contributed by atoms with Crippen LogP contribution in [0.25, 0.3) is 16.6 Å². The van der Waals surface area contributed by atoms with Gasteiger partial charge in [0.05, 0.1) is 11.2 Å². The van der Waals surface area contributed by atoms with Crippen LogP contribution in [0.4, 0.5) is 0 Å². The molecule has 0 saturated carbocycles. The van der Waals surface area contributed by atoms with Gasteiger partial charge >= 0.3 is 0 Å². The molecule has 0 N–H and O–H groups in total. The van der Waals surface area contributed by atoms with Crippen LogP contribution in [0.2, 0.25) is 0 Å². The van der Waals surface area contributed by atoms with Crippen LogP contribution >= 0.6 is 0 Å². The predicted octanol–water partition coefficient (Wildman–Crippen LogP) is 3.81. The fourth-order valence-electron chi connectivity index (χ4n) is 2.27. The number of hydrogen-bond acceptors (Lipinski definition) is 1. The molecule has 0 spiro atoms. The van der Waals surface area contributed by atoms with Gasteiger partial charge in [-0.05, 0) is 23.8 Å². The molecule has 0 unspecified atom stereocenters. The monoisotopic (exact) mass is 235 g/mol. The van der Waals surface area contributed by atoms with E-state index in [9.17, 15) is 4.79 Å². The molecule has 0 atom stereocenters. The number of carbonyl (C=O) groups excluding carboxylic acids is 1. The first-order valence-corrected chi connectivity index (χ1v) is 5.94. The molecule has 1 aromatic carbocycles. The van der Waals surface area contributed by atoms with E-state index in [4.69, 9.17) is 0 Å². The molecular weight excluding hydrogens is 222 g/mol. The average Bonchev–Trinajstić information content (AvgIpc) is 2.79. The molecule has 0 fully saturated rings. The zero-order valence-corrected chi connectivity index (χ0v) is 10.1. The van der Waals surface area contributed by atoms with Crippen molar-refractivity contribution in [3.63, 3.8) is 0 Å². The van der Waals surface area contributed by atoms with E-state index in [0.717, 1.165) is 22.3 Å². The number of aromatic nitrogens is 1. The maximum atomic E-state index is 11.7. The molecule has 88 valence electrons. The fourth-order valence-corrected chi connectivity index (χ4v) is 2.27. The van der Waals surface area contributed by atoms with Gasteiger partial charge in [0.2, 0.25) is 0 Å². The van der Waals surface area contributed by atoms with Crippen molar-refractivity contribution in [2.75, 3.05) is 0 Å². The molecule has 0 aliphatic carbocycles. The van der Waals surface area contributed by atoms with Crippen molar-refractivity contribution < 1.29 is 4.79 Å². The number of rotatable bonds is 2. The SMILES string of the molecule is CC(=O)c1cc(-c2ccccc2)c2ccccn12. The van der Waals surface area contributed by atoms with Crippen LogP contribution in [0.1, 0.15) is 17.4 Å². The maximum Gasteiger partial charge on any atom is 0.176 e. The van der Waals surface area contributed by atoms with Gasteiger partial charge in [-0.25, -0.2) is 0 Å². The molecule has 2 heterocycles. The first-order chi connectivity index (χ1) is 8.77. The van der Waals surface area contributed by atoms with Gasteiger partial charge in [-0.3, -0.25) is 4.79 Å². The van der Waals surface area contributed by atoms with E-state index in [1.807, 2.05) is 53.1 Å². The van der Waals surface area contributed by atoms with E-state index in [2.05, 4.69) is 12.1 Å². The van der Waals surface area contributed by atoms with Crippen molar-refractivity contribution in [1.82, 2.24) is 4.40 Å². The Morgan fingerprint density at radius 3 is 2.44 bits per heavy atom. The smallest absolute Gasteiger partial charge is 0.176 e. The molecule has 2 nitrogen and oxygen atoms in total. The van der Waals surface area contributed by atoms with Gasteiger partial charge in [-0.2, -0.15) is 0 Å². The van der Waals surface area contributed by atoms with Crippen molar-refractivity contribution in [2.45, 2.75) is 6.92 Å². The van der Waals surface area contributed by atoms with Crippen molar-refractivity contribution in [1.29, 1.82) is 0 Å². The minimum absolute atomic E-state index is 0.0818. The van der Waals surface area contributed by atoms with E-state index in [0.29, 0.717) is 0 Å². The van der Waals surface area contributed by atoms with Crippen LogP contribution < -0.4 is 0 Å². The number of fused-ring (bicyclic) bond motifs is 1. The van der Waals surface area contributed by atoms with Crippen molar-refractivity contribution in [3.05, 3.63) is 66.5 Å². The fraction of sp³-hybridized carbons (Fsp3) is 0.0625. The topological polar surface area (TPSA) is 21.5 Å². The lowest BCUT2D eigenvalue weighted by molar-refractivity contribution is 0.101. The van der Waals surface area contributed by atoms with Gasteiger partial charge in [-0.1, -0.05) is 36.4 Å². The number of carbonyl (C=O) groups is 1. The molecule has 18 heavy (non-hydrogen) atoms. The maximum absolute atomic E-state index is 11.7. The third kappa shape index (κ3) is 1.63. The second-order valence-corrected chi connectivity index (χ2v) is 4.32. The van der Waals surface area contributed by atoms with E-state index >= 15 is 0 Å². The summed E-state index contributed by atoms with van der Waals surface area (Å²) in [5.74, 6) is 0.0818. The molecule has 2 heteroatoms. The summed E-state index contributed by atoms with van der Waals surface area (Å²) >= 11 is 0. The van der Waals surface area contributed by atoms with Crippen LogP contribution in [0.5, 0.6) is 0 Å². The number of ketones is 1. The van der Waals surface area contributed by atoms with Gasteiger partial charge < -0.3 is 4.40 Å². The van der Waals surface area contributed by atoms with Crippen molar-refractivity contribution >= 4 is 11.3 Å². The van der Waals surface area contributed by atoms with Gasteiger partial charge in [-0.15, -0.1) is 0 Å². The zero-order chi connectivity index (χ0) is 12.5. The van der Waals surface area contributed by atoms with E-state index in [1.54, 1.807) is 6.92 Å². The van der Waals surface area contributed by atoms with Crippen LogP contribution in [0.3, 0.4) is 0 Å². The molecule has 0 bridgehead atoms. The van der Waals surface area contributed by atoms with Crippen molar-refractivity contribution in [2.24, 2.45) is 0 Å². The Bertz CT molecular complexity index is 710. The van der Waals surface area contributed by atoms with Crippen LogP contribution in [0, 0.1) is 0 Å². The molecule has 0 saturated heterocycles. The van der Waals surface area contributed by atoms with E-state index in [-0.39, 0.29) is 5.78 Å². The molecular formula is C16H13NO. The number of pyridine rings is 1. The molecule has 3 aromatic rings. The predicted molar refractivity (Wildman–Crippen MR) is 72.8 cm³/mol. The summed E-state index contributed by atoms with van der Waals surface area (Å²) in [4.78, 5) is 11.7. The molecule has 0 aliphatic heterocycles. The van der Waals surface area contributed by atoms with Gasteiger partial charge in [0, 0.05) is 18.7 Å². The number of hydrogen-bond donors (Lipinski definition) is 0. The zero-order valence-electron chi connectivity index (χ0n) is 10.1. The number of nitrogens with zero attached hydrogens (tertiary/aromatic N) is 1. The summed E-state index contributed by atoms with van der Waals surface area (Å²) in [7, 11) is 0. The standard InChI is InChI=1S/C16H13NO/c1-12(18)16-11-14(13-7-3-2-4-8-13)15-9-5-6-10-17(15)16/h2-11H,1H3. The summed E-state index contributed by atoms with van der Waals surface area (Å²) < 4.78 is 1.95. The Labute approximate surface area is 105 Å². The lowest BCUT2D eigenvalue weighted by Crippen LogP contribution is -1.96. The summed E-state index contributed by atoms with van der Waals surface area (Å²) in [6.45, 7) is 1.60. The molecule has 3 rings (SSSR count). The highest BCUT2D eigenvalue weighted by atomic mass is 16.1. The Morgan fingerprint density at radius 1 is 1.00 bits per heavy atom. The average molecular weight is 235 g/mol. The van der Waals surface area contributed by atoms with Gasteiger partial charge in [0.25, 0.3) is 0 Å². The second kappa shape index (κ2) is 4.15. The summed E-state index contributed by atoms with van der Waals surface area (Å²) in [5.41, 5.74) is 4.02. The third-order valence-electron chi connectivity index (χ3n) is 3.12. The second-order valence-electron chi connectivity index (χ2n) is 4.32. The number of benzene rings is 1. The van der Waals surface area contributed by atoms with E-state index < -0.39 is 0 Å². The molecule has 0 radical (unpaired) electrons. The van der Waals surface area contributed by atoms with Crippen LogP contribution in [0.15, 0.2) is 60.8 Å². The first-order valence-electron chi connectivity index (χ1n) is 5.94. The Kier molecular flexibility index (Phi) is 2.49. The van der Waals surface area contributed by atoms with Gasteiger partial charge in [0.15, 0.2) is 5.78 Å². The Hall–Kier alpha value is -2.35. The minimum Gasteiger partial charge on any atom is -0.313 e. The highest BCUT2D eigenvalue weighted by molar-refractivity contribution is 5.98. The quantitative estimate of drug-likeness (QED) is 0.619. The van der Waals surface area contributed by atoms with Crippen LogP contribution in [-0.4, -0.2) is 10.2 Å². The highest BCUT2D eigenvalue weighted by Gasteiger charge is 2.12. The summed E-state index contributed by atoms with van der Waals surface area (Å²) in [5, 5.41) is 0. The summed E-state index contributed by atoms with van der Waals surface area (Å²) in [6, 6.07) is 18.1. The Morgan fingerprint density at radius 2 is 1.72 bits per heavy atom. The third-order valence-corrected chi connectivity index (χ3v) is 3.12. The number of Topliss-reactive ketones (excluding diaryl/α,β-unsaturated/α-hetero) is 1. The van der Waals surface area contributed by atoms with Crippen LogP contribution in [-0.2, 0) is 0 Å². The lowest BCUT2D eigenvalue weighted by Gasteiger charge is -2.00. The molecule has 0 amide bonds. The van der Waals surface area contributed by atoms with Gasteiger partial charge in [0.1, 0.15) is 0 Å². The first kappa shape index (κ1) is 10.8. The molecule has 2 aromatic heterocycles. The lowest BCUT2D eigenvalue weighted by atomic mass is 10.1.